The van der Waals surface area contributed by atoms with Crippen molar-refractivity contribution in [1.29, 1.82) is 0 Å². The van der Waals surface area contributed by atoms with Gasteiger partial charge in [0.1, 0.15) is 0 Å². The molecule has 0 saturated heterocycles. The van der Waals surface area contributed by atoms with Crippen molar-refractivity contribution in [2.75, 3.05) is 0 Å². The molecule has 576 valence electrons. The molecule has 12 bridgehead atoms. The monoisotopic (exact) mass is 1360 g/mol. The first kappa shape index (κ1) is 85.3. The molecule has 20 aliphatic rings. The summed E-state index contributed by atoms with van der Waals surface area (Å²) >= 11 is 0. The molecule has 0 N–H and O–H groups in total. The van der Waals surface area contributed by atoms with E-state index in [1.165, 1.54) is 161 Å². The largest absolute Gasteiger partial charge is 0.0651 e. The topological polar surface area (TPSA) is 0 Å². The second-order valence-electron chi connectivity index (χ2n) is 47.5. The Hall–Kier alpha value is 0. The van der Waals surface area contributed by atoms with Gasteiger partial charge in [0.25, 0.3) is 0 Å². The molecule has 0 aliphatic heterocycles. The normalized spacial score (nSPS) is 41.4. The van der Waals surface area contributed by atoms with Crippen LogP contribution in [0.4, 0.5) is 0 Å². The zero-order chi connectivity index (χ0) is 73.4. The van der Waals surface area contributed by atoms with Gasteiger partial charge in [-0.15, -0.1) is 0 Å². The van der Waals surface area contributed by atoms with Crippen LogP contribution < -0.4 is 0 Å². The lowest BCUT2D eigenvalue weighted by molar-refractivity contribution is -0.0545. The van der Waals surface area contributed by atoms with E-state index in [1.807, 2.05) is 0 Å². The van der Waals surface area contributed by atoms with Crippen LogP contribution in [0.2, 0.25) is 0 Å². The Kier molecular flexibility index (Phi) is 28.6. The lowest BCUT2D eigenvalue weighted by Gasteiger charge is -2.56. The number of hydrogen-bond acceptors (Lipinski definition) is 0. The summed E-state index contributed by atoms with van der Waals surface area (Å²) in [5, 5.41) is 0. The Balaban J connectivity index is 0.000000155. The summed E-state index contributed by atoms with van der Waals surface area (Å²) in [5.41, 5.74) is 7.35. The van der Waals surface area contributed by atoms with Crippen molar-refractivity contribution >= 4 is 0 Å². The molecule has 20 rings (SSSR count). The predicted octanol–water partition coefficient (Wildman–Crippen LogP) is 32.3. The number of hydrogen-bond donors (Lipinski definition) is 0. The van der Waals surface area contributed by atoms with Gasteiger partial charge in [0.05, 0.1) is 0 Å². The summed E-state index contributed by atoms with van der Waals surface area (Å²) in [6, 6.07) is 0. The molecule has 20 aliphatic carbocycles. The van der Waals surface area contributed by atoms with Gasteiger partial charge < -0.3 is 0 Å². The van der Waals surface area contributed by atoms with Crippen LogP contribution in [0.25, 0.3) is 0 Å². The van der Waals surface area contributed by atoms with Gasteiger partial charge in [0.15, 0.2) is 0 Å². The van der Waals surface area contributed by atoms with Crippen LogP contribution >= 0.6 is 0 Å². The number of rotatable bonds is 5. The highest BCUT2D eigenvalue weighted by atomic mass is 14.6. The third-order valence-electron chi connectivity index (χ3n) is 37.2. The maximum absolute atomic E-state index is 2.49. The first-order valence-corrected chi connectivity index (χ1v) is 45.1. The molecule has 0 aromatic rings. The average molecular weight is 1360 g/mol. The third-order valence-corrected chi connectivity index (χ3v) is 37.2. The lowest BCUT2D eigenvalue weighted by Crippen LogP contribution is -2.45. The Morgan fingerprint density at radius 3 is 0.959 bits per heavy atom. The van der Waals surface area contributed by atoms with Crippen LogP contribution in [0.3, 0.4) is 0 Å². The summed E-state index contributed by atoms with van der Waals surface area (Å²) in [6.07, 6.45) is 53.9. The van der Waals surface area contributed by atoms with E-state index in [-0.39, 0.29) is 0 Å². The van der Waals surface area contributed by atoms with E-state index in [2.05, 4.69) is 215 Å². The Morgan fingerprint density at radius 2 is 0.735 bits per heavy atom. The van der Waals surface area contributed by atoms with E-state index in [0.717, 1.165) is 123 Å². The van der Waals surface area contributed by atoms with Crippen molar-refractivity contribution in [2.45, 2.75) is 446 Å². The highest BCUT2D eigenvalue weighted by Gasteiger charge is 2.54. The fourth-order valence-electron chi connectivity index (χ4n) is 28.9. The summed E-state index contributed by atoms with van der Waals surface area (Å²) < 4.78 is 0. The standard InChI is InChI=1S/C12H20.2C12H24.C11H20.2C11H22.2C10H18.C9H16/c1-2-12-6-9-3-10(7-12)5-11(4-9)8-12;1-9(2)10-11(3,4)7-8-12(10,5)6;1-7-12(6)8-10(2,3)11(4,5)9-12;1-8-9-4-6-10(7-5-9)11(8,2)3;1-6-9-7-10(2,3)11(4,5)8-9;1-6-9-10(2,3)7-8-11(9,4)5;1-8-7-9-3-5-10(8,2)6-4-9;1-7-8(2)10-5-3-9(7)4-6-10;1-7-6-8-2-4-9(7)5-3-8/h9-11H,2-8H2,1H3;9-10H,7-8H2,1-6H3;7-9H2,1-6H3;8-10H,4-7H2,1-3H3;2*9H,6-8H2,1-5H3;8-9H,3-7H2,1-2H3;7-10H,3-6H2,1-2H3;7-9H,2-6H2,1H3. The summed E-state index contributed by atoms with van der Waals surface area (Å²) in [7, 11) is 0. The Bertz CT molecular complexity index is 2230. The van der Waals surface area contributed by atoms with Gasteiger partial charge in [-0.25, -0.2) is 0 Å². The van der Waals surface area contributed by atoms with E-state index in [1.54, 1.807) is 70.6 Å². The molecule has 0 amide bonds. The zero-order valence-corrected chi connectivity index (χ0v) is 73.4. The van der Waals surface area contributed by atoms with Gasteiger partial charge in [-0.3, -0.25) is 0 Å². The van der Waals surface area contributed by atoms with Gasteiger partial charge in [0.2, 0.25) is 0 Å². The predicted molar refractivity (Wildman–Crippen MR) is 438 cm³/mol. The molecule has 20 saturated carbocycles. The molecule has 0 heteroatoms. The molecule has 0 nitrogen and oxygen atoms in total. The van der Waals surface area contributed by atoms with Crippen molar-refractivity contribution in [3.8, 4) is 0 Å². The molecular weight excluding hydrogens is 1180 g/mol. The fourth-order valence-corrected chi connectivity index (χ4v) is 28.9. The highest BCUT2D eigenvalue weighted by Crippen LogP contribution is 2.64. The van der Waals surface area contributed by atoms with Crippen LogP contribution in [-0.4, -0.2) is 0 Å². The maximum atomic E-state index is 2.49. The quantitative estimate of drug-likeness (QED) is 0.257. The molecule has 5 atom stereocenters. The molecule has 0 radical (unpaired) electrons. The van der Waals surface area contributed by atoms with Crippen molar-refractivity contribution in [3.63, 3.8) is 0 Å². The summed E-state index contributed by atoms with van der Waals surface area (Å²) in [4.78, 5) is 0. The van der Waals surface area contributed by atoms with Crippen LogP contribution in [0.15, 0.2) is 0 Å². The Morgan fingerprint density at radius 1 is 0.347 bits per heavy atom. The van der Waals surface area contributed by atoms with Gasteiger partial charge in [0, 0.05) is 0 Å². The van der Waals surface area contributed by atoms with Crippen molar-refractivity contribution in [1.82, 2.24) is 0 Å². The van der Waals surface area contributed by atoms with Crippen molar-refractivity contribution in [3.05, 3.63) is 0 Å². The molecular formula is C98H184. The molecule has 98 heavy (non-hydrogen) atoms. The van der Waals surface area contributed by atoms with Gasteiger partial charge in [-0.05, 0) is 370 Å². The average Bonchev–Trinajstić information content (AvgIpc) is 1.43. The molecule has 0 heterocycles. The smallest absolute Gasteiger partial charge is 0.0288 e. The van der Waals surface area contributed by atoms with Crippen LogP contribution in [0.1, 0.15) is 446 Å². The van der Waals surface area contributed by atoms with Crippen molar-refractivity contribution < 1.29 is 0 Å². The fraction of sp³-hybridized carbons (Fsp3) is 1.00. The van der Waals surface area contributed by atoms with Gasteiger partial charge in [-0.1, -0.05) is 253 Å². The molecule has 0 spiro atoms. The zero-order valence-electron chi connectivity index (χ0n) is 73.4. The minimum atomic E-state index is 0.526. The van der Waals surface area contributed by atoms with Gasteiger partial charge >= 0.3 is 0 Å². The van der Waals surface area contributed by atoms with E-state index in [9.17, 15) is 0 Å². The molecule has 20 fully saturated rings. The van der Waals surface area contributed by atoms with Crippen LogP contribution in [-0.2, 0) is 0 Å². The number of fused-ring (bicyclic) bond motifs is 12. The molecule has 5 unspecified atom stereocenters. The third kappa shape index (κ3) is 20.2. The molecule has 0 aromatic heterocycles. The van der Waals surface area contributed by atoms with Gasteiger partial charge in [-0.2, -0.15) is 0 Å². The van der Waals surface area contributed by atoms with Crippen LogP contribution in [0, 0.1) is 177 Å². The van der Waals surface area contributed by atoms with E-state index in [0.29, 0.717) is 54.1 Å². The van der Waals surface area contributed by atoms with E-state index in [4.69, 9.17) is 0 Å². The highest BCUT2D eigenvalue weighted by molar-refractivity contribution is 5.04. The van der Waals surface area contributed by atoms with Crippen LogP contribution in [0.5, 0.6) is 0 Å². The maximum Gasteiger partial charge on any atom is -0.0288 e. The molecule has 0 aromatic carbocycles. The minimum Gasteiger partial charge on any atom is -0.0651 e. The first-order chi connectivity index (χ1) is 45.1. The SMILES string of the molecule is CC(C)C1C(C)(C)CCC1(C)C.CC1C2CCC(CC2)C1(C)C.CC1C2CCC(CC2)C1C.CC1CC2CCC1(C)CC2.CC1CC2CCC1CC2.CCC1(C)CC(C)(C)C(C)(C)C1.CCC12CC3CC(CC(C3)C1)C2.CCC1C(C)(C)CCC1(C)C.CCC1CC(C)(C)C(C)(C)C1. The van der Waals surface area contributed by atoms with E-state index >= 15 is 0 Å². The minimum absolute atomic E-state index is 0.526. The summed E-state index contributed by atoms with van der Waals surface area (Å²) in [6.45, 7) is 75.2. The second kappa shape index (κ2) is 32.8. The lowest BCUT2D eigenvalue weighted by atomic mass is 9.49. The Labute approximate surface area is 619 Å². The first-order valence-electron chi connectivity index (χ1n) is 45.1. The van der Waals surface area contributed by atoms with Crippen molar-refractivity contribution in [2.24, 2.45) is 177 Å². The summed E-state index contributed by atoms with van der Waals surface area (Å²) in [5.74, 6) is 19.9. The second-order valence-corrected chi connectivity index (χ2v) is 47.5. The van der Waals surface area contributed by atoms with E-state index < -0.39 is 0 Å².